The highest BCUT2D eigenvalue weighted by atomic mass is 16.3. The molecule has 0 fully saturated rings. The zero-order valence-electron chi connectivity index (χ0n) is 25.5. The molecule has 2 aromatic rings. The van der Waals surface area contributed by atoms with Gasteiger partial charge in [0.2, 0.25) is 0 Å². The summed E-state index contributed by atoms with van der Waals surface area (Å²) in [7, 11) is 4.29. The van der Waals surface area contributed by atoms with E-state index >= 15 is 0 Å². The number of anilines is 1. The molecule has 204 valence electrons. The Bertz CT molecular complexity index is 1530. The van der Waals surface area contributed by atoms with Crippen molar-refractivity contribution in [1.29, 1.82) is 0 Å². The Morgan fingerprint density at radius 3 is 2.15 bits per heavy atom. The van der Waals surface area contributed by atoms with E-state index in [0.29, 0.717) is 0 Å². The maximum absolute atomic E-state index is 9.92. The predicted octanol–water partition coefficient (Wildman–Crippen LogP) is 9.59. The number of fused-ring (bicyclic) bond motifs is 3. The molecule has 2 heteroatoms. The third kappa shape index (κ3) is 3.60. The fraction of sp³-hybridized carbons (Fsp3) is 0.405. The molecule has 0 amide bonds. The Labute approximate surface area is 236 Å². The Morgan fingerprint density at radius 1 is 0.974 bits per heavy atom. The van der Waals surface area contributed by atoms with Gasteiger partial charge in [0.05, 0.1) is 0 Å². The summed E-state index contributed by atoms with van der Waals surface area (Å²) in [5.74, 6) is 0.285. The lowest BCUT2D eigenvalue weighted by atomic mass is 9.41. The molecule has 1 N–H and O–H groups in total. The van der Waals surface area contributed by atoms with Gasteiger partial charge in [-0.1, -0.05) is 69.4 Å². The van der Waals surface area contributed by atoms with E-state index in [1.165, 1.54) is 55.8 Å². The Kier molecular flexibility index (Phi) is 6.04. The predicted molar refractivity (Wildman–Crippen MR) is 168 cm³/mol. The van der Waals surface area contributed by atoms with Gasteiger partial charge < -0.3 is 10.0 Å². The maximum Gasteiger partial charge on any atom is 0.115 e. The van der Waals surface area contributed by atoms with Gasteiger partial charge in [0.1, 0.15) is 5.75 Å². The Hall–Kier alpha value is -3.26. The van der Waals surface area contributed by atoms with Crippen LogP contribution in [0.1, 0.15) is 71.1 Å². The largest absolute Gasteiger partial charge is 0.508 e. The van der Waals surface area contributed by atoms with Crippen LogP contribution in [0.15, 0.2) is 83.5 Å². The van der Waals surface area contributed by atoms with Crippen molar-refractivity contribution in [2.45, 2.75) is 67.7 Å². The van der Waals surface area contributed by atoms with E-state index in [-0.39, 0.29) is 22.0 Å². The molecule has 3 atom stereocenters. The van der Waals surface area contributed by atoms with Crippen molar-refractivity contribution in [2.24, 2.45) is 16.2 Å². The third-order valence-electron chi connectivity index (χ3n) is 10.6. The Morgan fingerprint density at radius 2 is 1.59 bits per heavy atom. The van der Waals surface area contributed by atoms with Crippen LogP contribution in [-0.2, 0) is 6.42 Å². The lowest BCUT2D eigenvalue weighted by molar-refractivity contribution is 0.0544. The van der Waals surface area contributed by atoms with Crippen molar-refractivity contribution in [3.05, 3.63) is 100 Å². The number of hydrogen-bond acceptors (Lipinski definition) is 2. The second-order valence-corrected chi connectivity index (χ2v) is 13.5. The number of nitrogens with zero attached hydrogens (tertiary/aromatic N) is 1. The number of hydrogen-bond donors (Lipinski definition) is 1. The highest BCUT2D eigenvalue weighted by Crippen LogP contribution is 2.70. The summed E-state index contributed by atoms with van der Waals surface area (Å²) in [6, 6.07) is 9.90. The lowest BCUT2D eigenvalue weighted by Gasteiger charge is -2.62. The van der Waals surface area contributed by atoms with E-state index in [1.807, 2.05) is 12.1 Å². The minimum Gasteiger partial charge on any atom is -0.508 e. The van der Waals surface area contributed by atoms with Crippen molar-refractivity contribution >= 4 is 11.3 Å². The zero-order valence-corrected chi connectivity index (χ0v) is 25.5. The highest BCUT2D eigenvalue weighted by Gasteiger charge is 2.59. The highest BCUT2D eigenvalue weighted by molar-refractivity contribution is 5.92. The van der Waals surface area contributed by atoms with Crippen LogP contribution in [0.25, 0.3) is 16.7 Å². The molecule has 2 aromatic carbocycles. The fourth-order valence-electron chi connectivity index (χ4n) is 8.92. The Balaban J connectivity index is 1.80. The number of aromatic hydroxyl groups is 1. The summed E-state index contributed by atoms with van der Waals surface area (Å²) in [6.45, 7) is 30.4. The molecule has 39 heavy (non-hydrogen) atoms. The lowest BCUT2D eigenvalue weighted by Crippen LogP contribution is -2.52. The first-order valence-electron chi connectivity index (χ1n) is 14.2. The van der Waals surface area contributed by atoms with Crippen molar-refractivity contribution in [2.75, 3.05) is 19.0 Å². The molecule has 3 aliphatic rings. The quantitative estimate of drug-likeness (QED) is 0.436. The van der Waals surface area contributed by atoms with E-state index in [9.17, 15) is 5.11 Å². The van der Waals surface area contributed by atoms with E-state index in [0.717, 1.165) is 36.0 Å². The van der Waals surface area contributed by atoms with Gasteiger partial charge in [-0.05, 0) is 126 Å². The van der Waals surface area contributed by atoms with Gasteiger partial charge in [-0.3, -0.25) is 0 Å². The van der Waals surface area contributed by atoms with Crippen LogP contribution in [0.5, 0.6) is 5.75 Å². The number of phenols is 1. The molecular weight excluding hydrogens is 474 g/mol. The summed E-state index contributed by atoms with van der Waals surface area (Å²) in [4.78, 5) is 2.25. The van der Waals surface area contributed by atoms with Crippen molar-refractivity contribution in [1.82, 2.24) is 0 Å². The summed E-state index contributed by atoms with van der Waals surface area (Å²) < 4.78 is 0. The van der Waals surface area contributed by atoms with Gasteiger partial charge >= 0.3 is 0 Å². The molecule has 0 saturated heterocycles. The normalized spacial score (nSPS) is 28.2. The monoisotopic (exact) mass is 519 g/mol. The van der Waals surface area contributed by atoms with Gasteiger partial charge in [-0.15, -0.1) is 0 Å². The number of rotatable bonds is 3. The van der Waals surface area contributed by atoms with E-state index in [1.54, 1.807) is 12.1 Å². The summed E-state index contributed by atoms with van der Waals surface area (Å²) >= 11 is 0. The van der Waals surface area contributed by atoms with Crippen LogP contribution < -0.4 is 4.90 Å². The second-order valence-electron chi connectivity index (χ2n) is 13.5. The third-order valence-corrected chi connectivity index (χ3v) is 10.6. The van der Waals surface area contributed by atoms with E-state index in [2.05, 4.69) is 80.1 Å². The maximum atomic E-state index is 9.92. The van der Waals surface area contributed by atoms with Crippen LogP contribution in [-0.4, -0.2) is 19.2 Å². The number of benzene rings is 2. The summed E-state index contributed by atoms with van der Waals surface area (Å²) in [6.07, 6.45) is 3.14. The van der Waals surface area contributed by atoms with Gasteiger partial charge in [0.15, 0.2) is 0 Å². The molecule has 2 nitrogen and oxygen atoms in total. The van der Waals surface area contributed by atoms with Gasteiger partial charge in [0, 0.05) is 25.2 Å². The summed E-state index contributed by atoms with van der Waals surface area (Å²) in [5, 5.41) is 9.92. The summed E-state index contributed by atoms with van der Waals surface area (Å²) in [5.41, 5.74) is 16.4. The molecule has 0 radical (unpaired) electrons. The van der Waals surface area contributed by atoms with Gasteiger partial charge in [-0.25, -0.2) is 0 Å². The first-order chi connectivity index (χ1) is 18.1. The van der Waals surface area contributed by atoms with Crippen molar-refractivity contribution < 1.29 is 5.11 Å². The standard InChI is InChI=1S/C37H45NO/c1-21(2)32-22(3)18-36(9)20-35(8)19-30-31(38(11)12)17-29(27-13-15-28(39)16-14-27)23(4)33(30)24(5)34(35)26(7)37(36,10)25(32)6/h13-17,39H,1,5-6,18-20H2,2-4,7-12H3. The second kappa shape index (κ2) is 8.62. The SMILES string of the molecule is C=C(C)C1=C(C)CC2(C)CC3(C)Cc4c(N(C)C)cc(-c5ccc(O)cc5)c(C)c4C(=C)C3=C(C)C2(C)C1=C. The van der Waals surface area contributed by atoms with Crippen LogP contribution in [0, 0.1) is 23.2 Å². The van der Waals surface area contributed by atoms with Crippen molar-refractivity contribution in [3.8, 4) is 16.9 Å². The van der Waals surface area contributed by atoms with Crippen LogP contribution >= 0.6 is 0 Å². The first-order valence-corrected chi connectivity index (χ1v) is 14.2. The fourth-order valence-corrected chi connectivity index (χ4v) is 8.92. The molecular formula is C37H45NO. The topological polar surface area (TPSA) is 23.5 Å². The van der Waals surface area contributed by atoms with E-state index in [4.69, 9.17) is 13.2 Å². The molecule has 0 spiro atoms. The average Bonchev–Trinajstić information content (AvgIpc) is 2.81. The van der Waals surface area contributed by atoms with E-state index < -0.39 is 0 Å². The number of phenolic OH excluding ortho intramolecular Hbond substituents is 1. The van der Waals surface area contributed by atoms with Crippen LogP contribution in [0.3, 0.4) is 0 Å². The van der Waals surface area contributed by atoms with Gasteiger partial charge in [0.25, 0.3) is 0 Å². The minimum atomic E-state index is -0.164. The molecule has 3 aliphatic carbocycles. The molecule has 0 aliphatic heterocycles. The van der Waals surface area contributed by atoms with Crippen molar-refractivity contribution in [3.63, 3.8) is 0 Å². The van der Waals surface area contributed by atoms with Crippen LogP contribution in [0.2, 0.25) is 0 Å². The average molecular weight is 520 g/mol. The number of allylic oxidation sites excluding steroid dienone is 7. The molecule has 0 aromatic heterocycles. The molecule has 3 unspecified atom stereocenters. The smallest absolute Gasteiger partial charge is 0.115 e. The molecule has 0 saturated carbocycles. The zero-order chi connectivity index (χ0) is 28.8. The molecule has 0 bridgehead atoms. The first kappa shape index (κ1) is 27.3. The molecule has 5 rings (SSSR count). The van der Waals surface area contributed by atoms with Crippen LogP contribution in [0.4, 0.5) is 5.69 Å². The van der Waals surface area contributed by atoms with Gasteiger partial charge in [-0.2, -0.15) is 0 Å². The molecule has 0 heterocycles. The minimum absolute atomic E-state index is 0.0129.